The van der Waals surface area contributed by atoms with Crippen LogP contribution in [0.4, 0.5) is 5.69 Å². The summed E-state index contributed by atoms with van der Waals surface area (Å²) in [5.74, 6) is 0. The number of hydrogen-bond acceptors (Lipinski definition) is 4. The van der Waals surface area contributed by atoms with Crippen molar-refractivity contribution >= 4 is 31.6 Å². The van der Waals surface area contributed by atoms with E-state index < -0.39 is 10.0 Å². The van der Waals surface area contributed by atoms with Gasteiger partial charge in [-0.2, -0.15) is 13.5 Å². The van der Waals surface area contributed by atoms with E-state index >= 15 is 0 Å². The van der Waals surface area contributed by atoms with Crippen LogP contribution in [0.15, 0.2) is 40.2 Å². The van der Waals surface area contributed by atoms with Gasteiger partial charge in [-0.25, -0.2) is 4.98 Å². The molecule has 0 amide bonds. The zero-order valence-electron chi connectivity index (χ0n) is 7.88. The molecule has 2 aromatic heterocycles. The largest absolute Gasteiger partial charge is 0.278 e. The molecule has 2 heterocycles. The third-order valence-electron chi connectivity index (χ3n) is 1.77. The number of anilines is 1. The molecule has 84 valence electrons. The molecular formula is C8H7BrN4O2S. The Morgan fingerprint density at radius 2 is 2.12 bits per heavy atom. The van der Waals surface area contributed by atoms with Crippen molar-refractivity contribution in [1.82, 2.24) is 15.2 Å². The Morgan fingerprint density at radius 1 is 1.31 bits per heavy atom. The number of sulfonamides is 1. The summed E-state index contributed by atoms with van der Waals surface area (Å²) in [5, 5.41) is 5.96. The lowest BCUT2D eigenvalue weighted by Gasteiger charge is -2.06. The first-order chi connectivity index (χ1) is 7.59. The minimum Gasteiger partial charge on any atom is -0.276 e. The summed E-state index contributed by atoms with van der Waals surface area (Å²) in [6.45, 7) is 0. The molecule has 0 aromatic carbocycles. The highest BCUT2D eigenvalue weighted by molar-refractivity contribution is 9.10. The summed E-state index contributed by atoms with van der Waals surface area (Å²) in [6.07, 6.45) is 2.92. The maximum atomic E-state index is 11.8. The minimum atomic E-state index is -3.63. The lowest BCUT2D eigenvalue weighted by molar-refractivity contribution is 0.597. The third kappa shape index (κ3) is 2.22. The molecule has 0 unspecified atom stereocenters. The van der Waals surface area contributed by atoms with E-state index in [9.17, 15) is 8.42 Å². The molecule has 8 heteroatoms. The number of nitrogens with one attached hydrogen (secondary N) is 2. The molecule has 0 fully saturated rings. The van der Waals surface area contributed by atoms with Gasteiger partial charge in [0.25, 0.3) is 10.0 Å². The first-order valence-corrected chi connectivity index (χ1v) is 6.50. The highest BCUT2D eigenvalue weighted by Gasteiger charge is 2.16. The third-order valence-corrected chi connectivity index (χ3v) is 3.70. The average Bonchev–Trinajstić information content (AvgIpc) is 2.75. The van der Waals surface area contributed by atoms with Crippen LogP contribution in [0, 0.1) is 0 Å². The molecule has 0 spiro atoms. The van der Waals surface area contributed by atoms with Crippen LogP contribution in [0.1, 0.15) is 0 Å². The van der Waals surface area contributed by atoms with E-state index in [4.69, 9.17) is 0 Å². The van der Waals surface area contributed by atoms with Gasteiger partial charge in [0, 0.05) is 6.20 Å². The molecule has 0 aliphatic heterocycles. The van der Waals surface area contributed by atoms with Gasteiger partial charge >= 0.3 is 0 Å². The Bertz CT molecular complexity index is 582. The molecule has 2 N–H and O–H groups in total. The van der Waals surface area contributed by atoms with Gasteiger partial charge in [-0.05, 0) is 34.1 Å². The van der Waals surface area contributed by atoms with Crippen LogP contribution >= 0.6 is 15.9 Å². The SMILES string of the molecule is O=S(=O)(Nc1cccnc1Br)c1ccn[nH]1. The van der Waals surface area contributed by atoms with Crippen molar-refractivity contribution < 1.29 is 8.42 Å². The second-order valence-electron chi connectivity index (χ2n) is 2.87. The maximum absolute atomic E-state index is 11.8. The Labute approximate surface area is 100 Å². The van der Waals surface area contributed by atoms with E-state index in [1.54, 1.807) is 18.3 Å². The first-order valence-electron chi connectivity index (χ1n) is 4.22. The number of rotatable bonds is 3. The molecule has 0 radical (unpaired) electrons. The van der Waals surface area contributed by atoms with Crippen LogP contribution in [0.2, 0.25) is 0 Å². The highest BCUT2D eigenvalue weighted by Crippen LogP contribution is 2.21. The number of halogens is 1. The number of pyridine rings is 1. The Balaban J connectivity index is 2.33. The molecule has 0 atom stereocenters. The van der Waals surface area contributed by atoms with Gasteiger partial charge in [-0.15, -0.1) is 0 Å². The second kappa shape index (κ2) is 4.22. The molecule has 0 aliphatic rings. The normalized spacial score (nSPS) is 11.3. The highest BCUT2D eigenvalue weighted by atomic mass is 79.9. The predicted octanol–water partition coefficient (Wildman–Crippen LogP) is 1.37. The lowest BCUT2D eigenvalue weighted by atomic mass is 10.4. The van der Waals surface area contributed by atoms with Crippen molar-refractivity contribution in [2.75, 3.05) is 4.72 Å². The molecule has 0 aliphatic carbocycles. The maximum Gasteiger partial charge on any atom is 0.278 e. The number of aromatic nitrogens is 3. The predicted molar refractivity (Wildman–Crippen MR) is 61.3 cm³/mol. The lowest BCUT2D eigenvalue weighted by Crippen LogP contribution is -2.14. The van der Waals surface area contributed by atoms with Crippen LogP contribution in [0.25, 0.3) is 0 Å². The molecular weight excluding hydrogens is 296 g/mol. The van der Waals surface area contributed by atoms with Gasteiger partial charge < -0.3 is 0 Å². The van der Waals surface area contributed by atoms with Gasteiger partial charge in [0.15, 0.2) is 5.03 Å². The van der Waals surface area contributed by atoms with Crippen LogP contribution in [0.3, 0.4) is 0 Å². The van der Waals surface area contributed by atoms with E-state index in [0.29, 0.717) is 10.3 Å². The van der Waals surface area contributed by atoms with E-state index in [0.717, 1.165) is 0 Å². The van der Waals surface area contributed by atoms with Crippen LogP contribution in [0.5, 0.6) is 0 Å². The van der Waals surface area contributed by atoms with Crippen molar-refractivity contribution in [2.45, 2.75) is 5.03 Å². The number of aromatic amines is 1. The van der Waals surface area contributed by atoms with E-state index in [1.807, 2.05) is 0 Å². The summed E-state index contributed by atoms with van der Waals surface area (Å²) in [5.41, 5.74) is 0.372. The average molecular weight is 303 g/mol. The van der Waals surface area contributed by atoms with Gasteiger partial charge in [0.2, 0.25) is 0 Å². The Morgan fingerprint density at radius 3 is 2.75 bits per heavy atom. The standard InChI is InChI=1S/C8H7BrN4O2S/c9-8-6(2-1-4-10-8)13-16(14,15)7-3-5-11-12-7/h1-5,13H,(H,11,12). The molecule has 0 bridgehead atoms. The van der Waals surface area contributed by atoms with Gasteiger partial charge in [0.05, 0.1) is 11.9 Å². The van der Waals surface area contributed by atoms with Crippen molar-refractivity contribution in [1.29, 1.82) is 0 Å². The number of hydrogen-bond donors (Lipinski definition) is 2. The van der Waals surface area contributed by atoms with E-state index in [2.05, 4.69) is 35.8 Å². The summed E-state index contributed by atoms with van der Waals surface area (Å²) >= 11 is 3.15. The summed E-state index contributed by atoms with van der Waals surface area (Å²) in [4.78, 5) is 3.91. The van der Waals surface area contributed by atoms with Gasteiger partial charge in [0.1, 0.15) is 4.60 Å². The summed E-state index contributed by atoms with van der Waals surface area (Å²) < 4.78 is 26.4. The zero-order valence-corrected chi connectivity index (χ0v) is 10.3. The van der Waals surface area contributed by atoms with Gasteiger partial charge in [-0.3, -0.25) is 9.82 Å². The Kier molecular flexibility index (Phi) is 2.92. The van der Waals surface area contributed by atoms with Crippen LogP contribution in [-0.4, -0.2) is 23.6 Å². The van der Waals surface area contributed by atoms with Gasteiger partial charge in [-0.1, -0.05) is 0 Å². The molecule has 0 saturated heterocycles. The van der Waals surface area contributed by atoms with Crippen LogP contribution < -0.4 is 4.72 Å². The van der Waals surface area contributed by atoms with Crippen molar-refractivity contribution in [3.8, 4) is 0 Å². The molecule has 2 rings (SSSR count). The number of H-pyrrole nitrogens is 1. The van der Waals surface area contributed by atoms with Crippen molar-refractivity contribution in [2.24, 2.45) is 0 Å². The summed E-state index contributed by atoms with van der Waals surface area (Å²) in [6, 6.07) is 4.60. The van der Waals surface area contributed by atoms with Crippen LogP contribution in [-0.2, 0) is 10.0 Å². The quantitative estimate of drug-likeness (QED) is 0.838. The van der Waals surface area contributed by atoms with E-state index in [1.165, 1.54) is 12.3 Å². The molecule has 0 saturated carbocycles. The smallest absolute Gasteiger partial charge is 0.276 e. The second-order valence-corrected chi connectivity index (χ2v) is 5.27. The first kappa shape index (κ1) is 11.1. The van der Waals surface area contributed by atoms with E-state index in [-0.39, 0.29) is 5.03 Å². The monoisotopic (exact) mass is 302 g/mol. The molecule has 6 nitrogen and oxygen atoms in total. The van der Waals surface area contributed by atoms with Crippen molar-refractivity contribution in [3.63, 3.8) is 0 Å². The zero-order chi connectivity index (χ0) is 11.6. The topological polar surface area (TPSA) is 87.7 Å². The van der Waals surface area contributed by atoms with Crippen molar-refractivity contribution in [3.05, 3.63) is 35.2 Å². The Hall–Kier alpha value is -1.41. The molecule has 2 aromatic rings. The summed E-state index contributed by atoms with van der Waals surface area (Å²) in [7, 11) is -3.63. The minimum absolute atomic E-state index is 0.00301. The fourth-order valence-electron chi connectivity index (χ4n) is 1.05. The molecule has 16 heavy (non-hydrogen) atoms. The fourth-order valence-corrected chi connectivity index (χ4v) is 2.51. The fraction of sp³-hybridized carbons (Fsp3) is 0. The number of nitrogens with zero attached hydrogens (tertiary/aromatic N) is 2.